The molecule has 1 aliphatic carbocycles. The van der Waals surface area contributed by atoms with Crippen LogP contribution in [0.1, 0.15) is 56.2 Å². The van der Waals surface area contributed by atoms with E-state index in [1.165, 1.54) is 30.7 Å². The van der Waals surface area contributed by atoms with Crippen molar-refractivity contribution < 1.29 is 5.11 Å². The third-order valence-corrected chi connectivity index (χ3v) is 4.85. The van der Waals surface area contributed by atoms with Gasteiger partial charge in [0.05, 0.1) is 17.3 Å². The lowest BCUT2D eigenvalue weighted by Gasteiger charge is -2.29. The summed E-state index contributed by atoms with van der Waals surface area (Å²) in [7, 11) is 0. The highest BCUT2D eigenvalue weighted by molar-refractivity contribution is 7.09. The van der Waals surface area contributed by atoms with Gasteiger partial charge in [-0.1, -0.05) is 13.8 Å². The Kier molecular flexibility index (Phi) is 3.98. The minimum atomic E-state index is 0.0812. The van der Waals surface area contributed by atoms with E-state index in [2.05, 4.69) is 18.8 Å². The number of rotatable bonds is 3. The smallest absolute Gasteiger partial charge is 0.0960 e. The van der Waals surface area contributed by atoms with Gasteiger partial charge in [0.2, 0.25) is 0 Å². The van der Waals surface area contributed by atoms with Crippen LogP contribution in [0.4, 0.5) is 0 Å². The molecule has 90 valence electrons. The van der Waals surface area contributed by atoms with Crippen LogP contribution in [-0.2, 0) is 6.61 Å². The Balaban J connectivity index is 1.93. The van der Waals surface area contributed by atoms with E-state index in [1.807, 2.05) is 5.38 Å². The maximum Gasteiger partial charge on any atom is 0.0960 e. The van der Waals surface area contributed by atoms with Crippen LogP contribution < -0.4 is 0 Å². The average molecular weight is 239 g/mol. The van der Waals surface area contributed by atoms with Gasteiger partial charge in [0.1, 0.15) is 0 Å². The summed E-state index contributed by atoms with van der Waals surface area (Å²) >= 11 is 1.72. The molecule has 0 bridgehead atoms. The van der Waals surface area contributed by atoms with Crippen molar-refractivity contribution in [1.29, 1.82) is 0 Å². The number of aliphatic hydroxyl groups excluding tert-OH is 1. The van der Waals surface area contributed by atoms with Crippen LogP contribution in [0.15, 0.2) is 5.38 Å². The zero-order valence-electron chi connectivity index (χ0n) is 10.1. The summed E-state index contributed by atoms with van der Waals surface area (Å²) in [5.41, 5.74) is 0.839. The van der Waals surface area contributed by atoms with Crippen molar-refractivity contribution in [3.63, 3.8) is 0 Å². The molecule has 16 heavy (non-hydrogen) atoms. The highest BCUT2D eigenvalue weighted by Crippen LogP contribution is 2.39. The summed E-state index contributed by atoms with van der Waals surface area (Å²) < 4.78 is 0. The van der Waals surface area contributed by atoms with Crippen LogP contribution in [0.5, 0.6) is 0 Å². The Labute approximate surface area is 102 Å². The SMILES string of the molecule is CC(C)C1CCC(c2nc(CO)cs2)CC1. The Morgan fingerprint density at radius 3 is 2.56 bits per heavy atom. The van der Waals surface area contributed by atoms with E-state index in [-0.39, 0.29) is 6.61 Å². The van der Waals surface area contributed by atoms with Gasteiger partial charge in [0, 0.05) is 11.3 Å². The second kappa shape index (κ2) is 5.28. The zero-order chi connectivity index (χ0) is 11.5. The molecule has 0 saturated heterocycles. The molecule has 3 heteroatoms. The largest absolute Gasteiger partial charge is 0.390 e. The van der Waals surface area contributed by atoms with Gasteiger partial charge in [-0.25, -0.2) is 4.98 Å². The van der Waals surface area contributed by atoms with E-state index in [4.69, 9.17) is 5.11 Å². The first-order valence-electron chi connectivity index (χ1n) is 6.26. The van der Waals surface area contributed by atoms with Crippen molar-refractivity contribution in [2.24, 2.45) is 11.8 Å². The van der Waals surface area contributed by atoms with Gasteiger partial charge in [-0.15, -0.1) is 11.3 Å². The van der Waals surface area contributed by atoms with Crippen molar-refractivity contribution >= 4 is 11.3 Å². The molecule has 2 nitrogen and oxygen atoms in total. The van der Waals surface area contributed by atoms with E-state index in [0.29, 0.717) is 5.92 Å². The fourth-order valence-electron chi connectivity index (χ4n) is 2.62. The Morgan fingerprint density at radius 2 is 2.06 bits per heavy atom. The van der Waals surface area contributed by atoms with Gasteiger partial charge >= 0.3 is 0 Å². The van der Waals surface area contributed by atoms with Crippen molar-refractivity contribution in [3.05, 3.63) is 16.1 Å². The van der Waals surface area contributed by atoms with Crippen molar-refractivity contribution in [3.8, 4) is 0 Å². The summed E-state index contributed by atoms with van der Waals surface area (Å²) in [6, 6.07) is 0. The van der Waals surface area contributed by atoms with Crippen molar-refractivity contribution in [1.82, 2.24) is 4.98 Å². The molecule has 1 aromatic heterocycles. The van der Waals surface area contributed by atoms with Gasteiger partial charge in [-0.3, -0.25) is 0 Å². The van der Waals surface area contributed by atoms with Gasteiger partial charge in [-0.05, 0) is 37.5 Å². The van der Waals surface area contributed by atoms with Gasteiger partial charge in [0.15, 0.2) is 0 Å². The minimum absolute atomic E-state index is 0.0812. The summed E-state index contributed by atoms with van der Waals surface area (Å²) in [5, 5.41) is 12.2. The molecule has 1 N–H and O–H groups in total. The molecule has 1 aliphatic rings. The van der Waals surface area contributed by atoms with E-state index in [0.717, 1.165) is 17.5 Å². The molecule has 1 saturated carbocycles. The molecule has 1 aromatic rings. The first-order chi connectivity index (χ1) is 7.70. The van der Waals surface area contributed by atoms with Crippen molar-refractivity contribution in [2.75, 3.05) is 0 Å². The van der Waals surface area contributed by atoms with E-state index in [1.54, 1.807) is 11.3 Å². The molecule has 0 unspecified atom stereocenters. The Hall–Kier alpha value is -0.410. The first kappa shape index (κ1) is 12.1. The average Bonchev–Trinajstić information content (AvgIpc) is 2.77. The number of aromatic nitrogens is 1. The Bertz CT molecular complexity index is 326. The third-order valence-electron chi connectivity index (χ3n) is 3.80. The topological polar surface area (TPSA) is 33.1 Å². The van der Waals surface area contributed by atoms with Gasteiger partial charge in [-0.2, -0.15) is 0 Å². The quantitative estimate of drug-likeness (QED) is 0.874. The molecule has 0 radical (unpaired) electrons. The summed E-state index contributed by atoms with van der Waals surface area (Å²) in [6.45, 7) is 4.74. The molecule has 1 heterocycles. The fourth-order valence-corrected chi connectivity index (χ4v) is 3.60. The summed E-state index contributed by atoms with van der Waals surface area (Å²) in [6.07, 6.45) is 5.25. The van der Waals surface area contributed by atoms with Crippen LogP contribution in [0.3, 0.4) is 0 Å². The van der Waals surface area contributed by atoms with E-state index >= 15 is 0 Å². The molecular formula is C13H21NOS. The standard InChI is InChI=1S/C13H21NOS/c1-9(2)10-3-5-11(6-4-10)13-14-12(7-15)8-16-13/h8-11,15H,3-7H2,1-2H3. The first-order valence-corrected chi connectivity index (χ1v) is 7.13. The lowest BCUT2D eigenvalue weighted by molar-refractivity contribution is 0.257. The van der Waals surface area contributed by atoms with Crippen LogP contribution >= 0.6 is 11.3 Å². The summed E-state index contributed by atoms with van der Waals surface area (Å²) in [5.74, 6) is 2.39. The van der Waals surface area contributed by atoms with Crippen LogP contribution in [0.2, 0.25) is 0 Å². The molecule has 0 aromatic carbocycles. The molecule has 0 spiro atoms. The molecule has 2 rings (SSSR count). The lowest BCUT2D eigenvalue weighted by Crippen LogP contribution is -2.17. The molecule has 0 aliphatic heterocycles. The number of hydrogen-bond donors (Lipinski definition) is 1. The summed E-state index contributed by atoms with van der Waals surface area (Å²) in [4.78, 5) is 4.49. The molecular weight excluding hydrogens is 218 g/mol. The van der Waals surface area contributed by atoms with Crippen LogP contribution in [-0.4, -0.2) is 10.1 Å². The minimum Gasteiger partial charge on any atom is -0.390 e. The predicted molar refractivity (Wildman–Crippen MR) is 67.6 cm³/mol. The highest BCUT2D eigenvalue weighted by atomic mass is 32.1. The maximum atomic E-state index is 9.01. The normalized spacial score (nSPS) is 26.2. The molecule has 0 amide bonds. The second-order valence-electron chi connectivity index (χ2n) is 5.19. The number of hydrogen-bond acceptors (Lipinski definition) is 3. The fraction of sp³-hybridized carbons (Fsp3) is 0.769. The van der Waals surface area contributed by atoms with Gasteiger partial charge < -0.3 is 5.11 Å². The monoisotopic (exact) mass is 239 g/mol. The molecule has 0 atom stereocenters. The third kappa shape index (κ3) is 2.64. The number of nitrogens with zero attached hydrogens (tertiary/aromatic N) is 1. The van der Waals surface area contributed by atoms with E-state index in [9.17, 15) is 0 Å². The Morgan fingerprint density at radius 1 is 1.38 bits per heavy atom. The maximum absolute atomic E-state index is 9.01. The van der Waals surface area contributed by atoms with Gasteiger partial charge in [0.25, 0.3) is 0 Å². The highest BCUT2D eigenvalue weighted by Gasteiger charge is 2.25. The van der Waals surface area contributed by atoms with Crippen LogP contribution in [0.25, 0.3) is 0 Å². The lowest BCUT2D eigenvalue weighted by atomic mass is 9.77. The van der Waals surface area contributed by atoms with E-state index < -0.39 is 0 Å². The van der Waals surface area contributed by atoms with Crippen molar-refractivity contribution in [2.45, 2.75) is 52.1 Å². The second-order valence-corrected chi connectivity index (χ2v) is 6.08. The number of thiazole rings is 1. The predicted octanol–water partition coefficient (Wildman–Crippen LogP) is 3.57. The molecule has 1 fully saturated rings. The zero-order valence-corrected chi connectivity index (χ0v) is 11.0. The van der Waals surface area contributed by atoms with Crippen LogP contribution in [0, 0.1) is 11.8 Å². The number of aliphatic hydroxyl groups is 1.